The van der Waals surface area contributed by atoms with E-state index < -0.39 is 4.46 Å². The van der Waals surface area contributed by atoms with E-state index in [0.717, 1.165) is 11.1 Å². The van der Waals surface area contributed by atoms with Crippen LogP contribution >= 0.6 is 23.2 Å². The van der Waals surface area contributed by atoms with Gasteiger partial charge in [-0.3, -0.25) is 0 Å². The minimum absolute atomic E-state index is 0.485. The smallest absolute Gasteiger partial charge is 0.129 e. The maximum absolute atomic E-state index is 5.91. The van der Waals surface area contributed by atoms with Crippen LogP contribution in [0, 0.1) is 6.92 Å². The number of rotatable bonds is 1. The van der Waals surface area contributed by atoms with Gasteiger partial charge in [0.1, 0.15) is 5.71 Å². The molecule has 1 heterocycles. The molecule has 72 valence electrons. The zero-order valence-corrected chi connectivity index (χ0v) is 8.92. The molecule has 5 heteroatoms. The number of alkyl halides is 2. The maximum atomic E-state index is 5.91. The Morgan fingerprint density at radius 3 is 2.50 bits per heavy atom. The van der Waals surface area contributed by atoms with E-state index in [1.807, 2.05) is 31.2 Å². The van der Waals surface area contributed by atoms with E-state index in [-0.39, 0.29) is 0 Å². The zero-order chi connectivity index (χ0) is 10.2. The Bertz CT molecular complexity index is 424. The fourth-order valence-electron chi connectivity index (χ4n) is 1.29. The molecule has 0 amide bonds. The van der Waals surface area contributed by atoms with Crippen LogP contribution in [0.3, 0.4) is 0 Å². The Kier molecular flexibility index (Phi) is 2.29. The number of halogens is 2. The van der Waals surface area contributed by atoms with Crippen molar-refractivity contribution in [2.45, 2.75) is 11.4 Å². The number of aryl methyl sites for hydroxylation is 1. The van der Waals surface area contributed by atoms with Crippen LogP contribution in [0.5, 0.6) is 0 Å². The third-order valence-corrected chi connectivity index (χ3v) is 2.51. The van der Waals surface area contributed by atoms with Gasteiger partial charge in [0, 0.05) is 5.56 Å². The molecule has 1 aromatic carbocycles. The topological polar surface area (TPSA) is 37.1 Å². The number of nitrogens with zero attached hydrogens (tertiary/aromatic N) is 3. The van der Waals surface area contributed by atoms with Crippen LogP contribution in [-0.4, -0.2) is 10.2 Å². The van der Waals surface area contributed by atoms with Crippen LogP contribution < -0.4 is 0 Å². The Morgan fingerprint density at radius 2 is 1.93 bits per heavy atom. The van der Waals surface area contributed by atoms with Crippen LogP contribution in [0.1, 0.15) is 11.1 Å². The summed E-state index contributed by atoms with van der Waals surface area (Å²) in [5.74, 6) is 0. The highest BCUT2D eigenvalue weighted by molar-refractivity contribution is 6.60. The van der Waals surface area contributed by atoms with Crippen molar-refractivity contribution in [3.63, 3.8) is 0 Å². The van der Waals surface area contributed by atoms with E-state index in [0.29, 0.717) is 5.71 Å². The lowest BCUT2D eigenvalue weighted by Gasteiger charge is -2.11. The van der Waals surface area contributed by atoms with E-state index in [1.54, 1.807) is 0 Å². The molecule has 0 saturated carbocycles. The van der Waals surface area contributed by atoms with Crippen molar-refractivity contribution in [2.75, 3.05) is 0 Å². The third-order valence-electron chi connectivity index (χ3n) is 2.00. The van der Waals surface area contributed by atoms with Crippen LogP contribution in [0.15, 0.2) is 39.7 Å². The summed E-state index contributed by atoms with van der Waals surface area (Å²) in [6.45, 7) is 1.96. The van der Waals surface area contributed by atoms with Crippen molar-refractivity contribution in [3.8, 4) is 0 Å². The summed E-state index contributed by atoms with van der Waals surface area (Å²) >= 11 is 11.8. The second-order valence-corrected chi connectivity index (χ2v) is 4.28. The summed E-state index contributed by atoms with van der Waals surface area (Å²) < 4.78 is -1.34. The molecular weight excluding hydrogens is 221 g/mol. The van der Waals surface area contributed by atoms with Crippen LogP contribution in [-0.2, 0) is 0 Å². The Morgan fingerprint density at radius 1 is 1.21 bits per heavy atom. The third kappa shape index (κ3) is 1.53. The molecule has 0 atom stereocenters. The first-order chi connectivity index (χ1) is 6.61. The van der Waals surface area contributed by atoms with E-state index in [4.69, 9.17) is 23.2 Å². The first-order valence-corrected chi connectivity index (χ1v) is 4.81. The van der Waals surface area contributed by atoms with Crippen molar-refractivity contribution < 1.29 is 0 Å². The van der Waals surface area contributed by atoms with Gasteiger partial charge in [0.25, 0.3) is 4.46 Å². The van der Waals surface area contributed by atoms with Gasteiger partial charge in [0.15, 0.2) is 0 Å². The van der Waals surface area contributed by atoms with Gasteiger partial charge in [0.05, 0.1) is 0 Å². The standard InChI is InChI=1S/C9H7Cl2N3/c1-6-4-2-3-5-7(6)8-9(10,11)13-14-12-8/h2-5H,1H3. The zero-order valence-electron chi connectivity index (χ0n) is 7.41. The first kappa shape index (κ1) is 9.62. The van der Waals surface area contributed by atoms with Gasteiger partial charge >= 0.3 is 0 Å². The van der Waals surface area contributed by atoms with E-state index in [2.05, 4.69) is 15.4 Å². The maximum Gasteiger partial charge on any atom is 0.274 e. The van der Waals surface area contributed by atoms with E-state index >= 15 is 0 Å². The van der Waals surface area contributed by atoms with Crippen LogP contribution in [0.2, 0.25) is 0 Å². The second-order valence-electron chi connectivity index (χ2n) is 2.99. The van der Waals surface area contributed by atoms with Gasteiger partial charge in [-0.2, -0.15) is 0 Å². The number of hydrogen-bond acceptors (Lipinski definition) is 3. The molecule has 1 aliphatic heterocycles. The molecule has 1 aliphatic rings. The lowest BCUT2D eigenvalue weighted by Crippen LogP contribution is -2.22. The largest absolute Gasteiger partial charge is 0.274 e. The summed E-state index contributed by atoms with van der Waals surface area (Å²) in [6.07, 6.45) is 0. The summed E-state index contributed by atoms with van der Waals surface area (Å²) in [5.41, 5.74) is 2.41. The number of hydrogen-bond donors (Lipinski definition) is 0. The lowest BCUT2D eigenvalue weighted by molar-refractivity contribution is 0.981. The summed E-state index contributed by atoms with van der Waals surface area (Å²) in [5, 5.41) is 10.9. The van der Waals surface area contributed by atoms with E-state index in [1.165, 1.54) is 0 Å². The van der Waals surface area contributed by atoms with Gasteiger partial charge in [-0.15, -0.1) is 10.2 Å². The summed E-state index contributed by atoms with van der Waals surface area (Å²) in [4.78, 5) is 0. The van der Waals surface area contributed by atoms with Gasteiger partial charge in [0.2, 0.25) is 0 Å². The van der Waals surface area contributed by atoms with Crippen molar-refractivity contribution >= 4 is 28.9 Å². The van der Waals surface area contributed by atoms with Crippen LogP contribution in [0.4, 0.5) is 0 Å². The van der Waals surface area contributed by atoms with Gasteiger partial charge in [-0.1, -0.05) is 47.5 Å². The minimum atomic E-state index is -1.34. The molecule has 0 unspecified atom stereocenters. The predicted molar refractivity (Wildman–Crippen MR) is 57.0 cm³/mol. The average molecular weight is 228 g/mol. The minimum Gasteiger partial charge on any atom is -0.129 e. The molecule has 0 N–H and O–H groups in total. The molecule has 0 fully saturated rings. The molecule has 2 rings (SSSR count). The fourth-order valence-corrected chi connectivity index (χ4v) is 1.63. The Labute approximate surface area is 91.4 Å². The average Bonchev–Trinajstić information content (AvgIpc) is 2.46. The number of benzene rings is 1. The first-order valence-electron chi connectivity index (χ1n) is 4.05. The molecule has 1 aromatic rings. The molecule has 0 aromatic heterocycles. The fraction of sp³-hybridized carbons (Fsp3) is 0.222. The second kappa shape index (κ2) is 3.33. The molecular formula is C9H7Cl2N3. The molecule has 0 bridgehead atoms. The highest BCUT2D eigenvalue weighted by Crippen LogP contribution is 2.33. The Hall–Kier alpha value is -0.930. The van der Waals surface area contributed by atoms with Gasteiger partial charge in [-0.25, -0.2) is 0 Å². The highest BCUT2D eigenvalue weighted by Gasteiger charge is 2.36. The van der Waals surface area contributed by atoms with Crippen molar-refractivity contribution in [1.29, 1.82) is 0 Å². The molecule has 0 aliphatic carbocycles. The normalized spacial score (nSPS) is 18.4. The Balaban J connectivity index is 2.48. The molecule has 0 saturated heterocycles. The molecule has 14 heavy (non-hydrogen) atoms. The van der Waals surface area contributed by atoms with Gasteiger partial charge < -0.3 is 0 Å². The molecule has 0 spiro atoms. The quantitative estimate of drug-likeness (QED) is 0.522. The predicted octanol–water partition coefficient (Wildman–Crippen LogP) is 3.30. The lowest BCUT2D eigenvalue weighted by atomic mass is 10.0. The van der Waals surface area contributed by atoms with E-state index in [9.17, 15) is 0 Å². The highest BCUT2D eigenvalue weighted by atomic mass is 35.5. The van der Waals surface area contributed by atoms with Crippen molar-refractivity contribution in [3.05, 3.63) is 35.4 Å². The van der Waals surface area contributed by atoms with Gasteiger partial charge in [-0.05, 0) is 17.7 Å². The SMILES string of the molecule is Cc1ccccc1C1=NN=NC1(Cl)Cl. The summed E-state index contributed by atoms with van der Waals surface area (Å²) in [7, 11) is 0. The summed E-state index contributed by atoms with van der Waals surface area (Å²) in [6, 6.07) is 7.68. The van der Waals surface area contributed by atoms with Crippen molar-refractivity contribution in [2.24, 2.45) is 15.4 Å². The molecule has 0 radical (unpaired) electrons. The van der Waals surface area contributed by atoms with Crippen molar-refractivity contribution in [1.82, 2.24) is 0 Å². The van der Waals surface area contributed by atoms with Crippen LogP contribution in [0.25, 0.3) is 0 Å². The molecule has 3 nitrogen and oxygen atoms in total. The monoisotopic (exact) mass is 227 g/mol.